The minimum atomic E-state index is -5.05. The minimum Gasteiger partial charge on any atom is -0.444 e. The summed E-state index contributed by atoms with van der Waals surface area (Å²) in [6.07, 6.45) is -2.17. The molecule has 1 atom stereocenters. The molecule has 1 aliphatic heterocycles. The first kappa shape index (κ1) is 37.3. The van der Waals surface area contributed by atoms with Gasteiger partial charge in [0.25, 0.3) is 10.0 Å². The van der Waals surface area contributed by atoms with Gasteiger partial charge in [-0.25, -0.2) is 36.2 Å². The van der Waals surface area contributed by atoms with Crippen molar-refractivity contribution in [3.8, 4) is 0 Å². The molecule has 2 amide bonds. The molecule has 0 spiro atoms. The first-order valence-electron chi connectivity index (χ1n) is 14.2. The van der Waals surface area contributed by atoms with Crippen molar-refractivity contribution in [3.05, 3.63) is 59.0 Å². The normalized spacial score (nSPS) is 14.9. The fourth-order valence-corrected chi connectivity index (χ4v) is 5.66. The van der Waals surface area contributed by atoms with Gasteiger partial charge in [0, 0.05) is 39.5 Å². The lowest BCUT2D eigenvalue weighted by Gasteiger charge is -2.31. The van der Waals surface area contributed by atoms with Gasteiger partial charge >= 0.3 is 12.2 Å². The number of carbonyl (C=O) groups is 2. The number of hydrogen-bond donors (Lipinski definition) is 2. The number of likely N-dealkylation sites (N-methyl/N-ethyl adjacent to an activating group) is 2. The molecule has 12 nitrogen and oxygen atoms in total. The van der Waals surface area contributed by atoms with Crippen LogP contribution in [0, 0.1) is 11.6 Å². The molecule has 0 radical (unpaired) electrons. The van der Waals surface area contributed by atoms with E-state index in [1.807, 2.05) is 0 Å². The highest BCUT2D eigenvalue weighted by atomic mass is 35.5. The van der Waals surface area contributed by atoms with Gasteiger partial charge in [-0.05, 0) is 65.8 Å². The average Bonchev–Trinajstić information content (AvgIpc) is 2.93. The molecule has 1 heterocycles. The van der Waals surface area contributed by atoms with Crippen LogP contribution in [0.3, 0.4) is 0 Å². The third-order valence-electron chi connectivity index (χ3n) is 6.18. The number of halogens is 4. The zero-order chi connectivity index (χ0) is 35.5. The SMILES string of the molecule is CN(CCN(C)c1cc(F)ccc1Nc1cc(F)c(S(=O)(=O)N(C(=O)OC(C)(C)C)C2N=CC(F)=CN2)cc1Cl)C(=O)OC(C)(C)C. The van der Waals surface area contributed by atoms with Crippen molar-refractivity contribution in [2.45, 2.75) is 63.9 Å². The fraction of sp³-hybridized carbons (Fsp3) is 0.433. The van der Waals surface area contributed by atoms with Crippen LogP contribution in [0.5, 0.6) is 0 Å². The topological polar surface area (TPSA) is 133 Å². The smallest absolute Gasteiger partial charge is 0.427 e. The van der Waals surface area contributed by atoms with E-state index in [1.54, 1.807) is 39.8 Å². The lowest BCUT2D eigenvalue weighted by Crippen LogP contribution is -2.52. The Morgan fingerprint density at radius 1 is 0.957 bits per heavy atom. The summed E-state index contributed by atoms with van der Waals surface area (Å²) < 4.78 is 81.7. The minimum absolute atomic E-state index is 0.0853. The van der Waals surface area contributed by atoms with Gasteiger partial charge in [-0.1, -0.05) is 11.6 Å². The van der Waals surface area contributed by atoms with Gasteiger partial charge in [-0.15, -0.1) is 0 Å². The molecule has 2 aromatic rings. The first-order valence-corrected chi connectivity index (χ1v) is 16.0. The van der Waals surface area contributed by atoms with E-state index < -0.39 is 62.1 Å². The van der Waals surface area contributed by atoms with E-state index in [-0.39, 0.29) is 33.8 Å². The molecule has 0 saturated heterocycles. The van der Waals surface area contributed by atoms with Gasteiger partial charge in [0.15, 0.2) is 5.83 Å². The van der Waals surface area contributed by atoms with Crippen LogP contribution in [0.2, 0.25) is 5.02 Å². The quantitative estimate of drug-likeness (QED) is 0.306. The van der Waals surface area contributed by atoms with Gasteiger partial charge in [-0.3, -0.25) is 0 Å². The van der Waals surface area contributed by atoms with Crippen LogP contribution in [-0.2, 0) is 19.5 Å². The maximum atomic E-state index is 15.6. The second kappa shape index (κ2) is 14.3. The molecular formula is C30H38ClF3N6O6S. The number of allylic oxidation sites excluding steroid dienone is 1. The van der Waals surface area contributed by atoms with E-state index in [2.05, 4.69) is 15.6 Å². The maximum Gasteiger partial charge on any atom is 0.427 e. The standard InChI is InChI=1S/C30H38ClF3N6O6S/c1-29(2,3)45-27(41)39(8)12-11-38(7)24-13-18(32)9-10-22(24)37-23-15-21(34)25(14-20(23)31)47(43,44)40(28(42)46-30(4,5)6)26-35-16-19(33)17-36-26/h9-10,13-17,26,35,37H,11-12H2,1-8H3. The monoisotopic (exact) mass is 702 g/mol. The van der Waals surface area contributed by atoms with Crippen molar-refractivity contribution in [3.63, 3.8) is 0 Å². The molecule has 3 rings (SSSR count). The molecule has 258 valence electrons. The highest BCUT2D eigenvalue weighted by Gasteiger charge is 2.41. The molecule has 1 unspecified atom stereocenters. The summed E-state index contributed by atoms with van der Waals surface area (Å²) in [6.45, 7) is 10.1. The molecule has 0 aliphatic carbocycles. The van der Waals surface area contributed by atoms with Crippen molar-refractivity contribution in [1.29, 1.82) is 0 Å². The average molecular weight is 703 g/mol. The van der Waals surface area contributed by atoms with Crippen LogP contribution in [-0.4, -0.2) is 80.7 Å². The van der Waals surface area contributed by atoms with Gasteiger partial charge in [0.05, 0.1) is 28.3 Å². The Bertz CT molecular complexity index is 1680. The van der Waals surface area contributed by atoms with E-state index in [0.29, 0.717) is 11.9 Å². The number of rotatable bonds is 9. The lowest BCUT2D eigenvalue weighted by molar-refractivity contribution is 0.0299. The van der Waals surface area contributed by atoms with Crippen LogP contribution in [0.4, 0.5) is 39.8 Å². The molecule has 47 heavy (non-hydrogen) atoms. The number of aliphatic imine (C=N–C) groups is 1. The van der Waals surface area contributed by atoms with Gasteiger partial charge in [0.2, 0.25) is 6.29 Å². The van der Waals surface area contributed by atoms with Gasteiger partial charge in [-0.2, -0.15) is 4.31 Å². The predicted molar refractivity (Wildman–Crippen MR) is 173 cm³/mol. The number of nitrogens with zero attached hydrogens (tertiary/aromatic N) is 4. The van der Waals surface area contributed by atoms with Gasteiger partial charge < -0.3 is 29.9 Å². The number of nitrogens with one attached hydrogen (secondary N) is 2. The second-order valence-electron chi connectivity index (χ2n) is 12.5. The Hall–Kier alpha value is -4.18. The summed E-state index contributed by atoms with van der Waals surface area (Å²) in [4.78, 5) is 31.1. The Balaban J connectivity index is 1.92. The zero-order valence-corrected chi connectivity index (χ0v) is 28.8. The third-order valence-corrected chi connectivity index (χ3v) is 8.23. The number of carbonyl (C=O) groups excluding carboxylic acids is 2. The van der Waals surface area contributed by atoms with Crippen LogP contribution < -0.4 is 15.5 Å². The Labute approximate surface area is 277 Å². The Morgan fingerprint density at radius 2 is 1.57 bits per heavy atom. The molecule has 0 fully saturated rings. The highest BCUT2D eigenvalue weighted by molar-refractivity contribution is 7.89. The summed E-state index contributed by atoms with van der Waals surface area (Å²) in [7, 11) is -1.85. The first-order chi connectivity index (χ1) is 21.6. The van der Waals surface area contributed by atoms with E-state index in [0.717, 1.165) is 24.4 Å². The van der Waals surface area contributed by atoms with Crippen molar-refractivity contribution in [1.82, 2.24) is 14.5 Å². The second-order valence-corrected chi connectivity index (χ2v) is 14.7. The highest BCUT2D eigenvalue weighted by Crippen LogP contribution is 2.36. The summed E-state index contributed by atoms with van der Waals surface area (Å²) in [5, 5.41) is 4.94. The molecule has 0 saturated carbocycles. The van der Waals surface area contributed by atoms with E-state index >= 15 is 4.39 Å². The summed E-state index contributed by atoms with van der Waals surface area (Å²) in [5.41, 5.74) is -1.34. The number of anilines is 3. The van der Waals surface area contributed by atoms with Crippen LogP contribution >= 0.6 is 11.6 Å². The van der Waals surface area contributed by atoms with E-state index in [1.165, 1.54) is 37.8 Å². The van der Waals surface area contributed by atoms with Crippen molar-refractivity contribution in [2.24, 2.45) is 4.99 Å². The molecule has 0 bridgehead atoms. The van der Waals surface area contributed by atoms with Crippen molar-refractivity contribution < 1.29 is 40.7 Å². The lowest BCUT2D eigenvalue weighted by atomic mass is 10.2. The molecular weight excluding hydrogens is 665 g/mol. The van der Waals surface area contributed by atoms with Crippen LogP contribution in [0.1, 0.15) is 41.5 Å². The third kappa shape index (κ3) is 9.91. The summed E-state index contributed by atoms with van der Waals surface area (Å²) in [5.74, 6) is -2.72. The molecule has 2 N–H and O–H groups in total. The summed E-state index contributed by atoms with van der Waals surface area (Å²) >= 11 is 6.43. The Morgan fingerprint density at radius 3 is 2.15 bits per heavy atom. The van der Waals surface area contributed by atoms with Crippen molar-refractivity contribution in [2.75, 3.05) is 37.4 Å². The number of amides is 2. The number of benzene rings is 2. The molecule has 2 aromatic carbocycles. The predicted octanol–water partition coefficient (Wildman–Crippen LogP) is 6.36. The van der Waals surface area contributed by atoms with Gasteiger partial charge in [0.1, 0.15) is 27.7 Å². The van der Waals surface area contributed by atoms with Crippen molar-refractivity contribution >= 4 is 57.1 Å². The molecule has 17 heteroatoms. The Kier molecular flexibility index (Phi) is 11.3. The number of sulfonamides is 1. The maximum absolute atomic E-state index is 15.6. The van der Waals surface area contributed by atoms with E-state index in [4.69, 9.17) is 21.1 Å². The largest absolute Gasteiger partial charge is 0.444 e. The zero-order valence-electron chi connectivity index (χ0n) is 27.2. The van der Waals surface area contributed by atoms with Crippen LogP contribution in [0.25, 0.3) is 0 Å². The number of ether oxygens (including phenoxy) is 2. The molecule has 0 aromatic heterocycles. The summed E-state index contributed by atoms with van der Waals surface area (Å²) in [6, 6.07) is 5.33. The van der Waals surface area contributed by atoms with Crippen LogP contribution in [0.15, 0.2) is 52.2 Å². The molecule has 1 aliphatic rings. The van der Waals surface area contributed by atoms with E-state index in [9.17, 15) is 26.8 Å². The number of hydrogen-bond acceptors (Lipinski definition) is 10. The fourth-order valence-electron chi connectivity index (χ4n) is 3.99.